The van der Waals surface area contributed by atoms with E-state index in [0.29, 0.717) is 16.3 Å². The second-order valence-electron chi connectivity index (χ2n) is 4.19. The van der Waals surface area contributed by atoms with Gasteiger partial charge in [0, 0.05) is 16.9 Å². The van der Waals surface area contributed by atoms with Gasteiger partial charge in [-0.1, -0.05) is 19.1 Å². The first-order valence-corrected chi connectivity index (χ1v) is 6.87. The first kappa shape index (κ1) is 14.7. The van der Waals surface area contributed by atoms with Gasteiger partial charge in [0.25, 0.3) is 0 Å². The van der Waals surface area contributed by atoms with Crippen LogP contribution < -0.4 is 0 Å². The van der Waals surface area contributed by atoms with Crippen molar-refractivity contribution in [1.29, 1.82) is 0 Å². The highest BCUT2D eigenvalue weighted by Gasteiger charge is 2.30. The molecule has 20 heavy (non-hydrogen) atoms. The molecule has 0 saturated heterocycles. The summed E-state index contributed by atoms with van der Waals surface area (Å²) in [7, 11) is 0. The minimum absolute atomic E-state index is 0.236. The van der Waals surface area contributed by atoms with E-state index in [0.717, 1.165) is 29.7 Å². The van der Waals surface area contributed by atoms with Gasteiger partial charge in [0.1, 0.15) is 11.3 Å². The summed E-state index contributed by atoms with van der Waals surface area (Å²) in [6.07, 6.45) is -2.56. The Hall–Kier alpha value is -1.69. The Kier molecular flexibility index (Phi) is 4.23. The van der Waals surface area contributed by atoms with Crippen LogP contribution in [0.3, 0.4) is 0 Å². The van der Waals surface area contributed by atoms with Crippen molar-refractivity contribution in [3.63, 3.8) is 0 Å². The molecule has 0 unspecified atom stereocenters. The summed E-state index contributed by atoms with van der Waals surface area (Å²) in [6, 6.07) is 4.90. The first-order chi connectivity index (χ1) is 9.45. The summed E-state index contributed by atoms with van der Waals surface area (Å²) in [4.78, 5) is 15.9. The lowest BCUT2D eigenvalue weighted by molar-refractivity contribution is -0.137. The quantitative estimate of drug-likeness (QED) is 0.794. The Labute approximate surface area is 118 Å². The van der Waals surface area contributed by atoms with Crippen molar-refractivity contribution in [2.75, 3.05) is 0 Å². The average Bonchev–Trinajstić information content (AvgIpc) is 2.81. The number of aryl methyl sites for hydroxylation is 1. The molecule has 2 nitrogen and oxygen atoms in total. The number of carbonyl (C=O) groups is 1. The zero-order chi connectivity index (χ0) is 14.8. The van der Waals surface area contributed by atoms with Crippen LogP contribution in [-0.4, -0.2) is 11.3 Å². The second-order valence-corrected chi connectivity index (χ2v) is 5.27. The van der Waals surface area contributed by atoms with Gasteiger partial charge in [-0.2, -0.15) is 13.2 Å². The minimum atomic E-state index is -4.33. The van der Waals surface area contributed by atoms with E-state index in [1.807, 2.05) is 6.92 Å². The fourth-order valence-corrected chi connectivity index (χ4v) is 2.86. The smallest absolute Gasteiger partial charge is 0.303 e. The minimum Gasteiger partial charge on any atom is -0.303 e. The molecule has 0 N–H and O–H groups in total. The molecule has 0 aliphatic carbocycles. The number of alkyl halides is 3. The van der Waals surface area contributed by atoms with E-state index in [1.165, 1.54) is 23.5 Å². The molecule has 106 valence electrons. The van der Waals surface area contributed by atoms with E-state index < -0.39 is 11.7 Å². The number of aldehydes is 1. The van der Waals surface area contributed by atoms with E-state index >= 15 is 0 Å². The molecular formula is C14H12F3NOS. The molecule has 0 aliphatic rings. The molecule has 6 heteroatoms. The fraction of sp³-hybridized carbons (Fsp3) is 0.286. The highest BCUT2D eigenvalue weighted by Crippen LogP contribution is 2.33. The molecule has 1 aromatic carbocycles. The Morgan fingerprint density at radius 2 is 1.90 bits per heavy atom. The standard InChI is InChI=1S/C14H12F3NOS/c1-2-12-11(7-8-19)18-13(20-12)9-3-5-10(6-4-9)14(15,16)17/h3-6,8H,2,7H2,1H3. The first-order valence-electron chi connectivity index (χ1n) is 6.05. The van der Waals surface area contributed by atoms with E-state index in [9.17, 15) is 18.0 Å². The van der Waals surface area contributed by atoms with Gasteiger partial charge < -0.3 is 4.79 Å². The van der Waals surface area contributed by atoms with Crippen molar-refractivity contribution in [2.45, 2.75) is 25.9 Å². The molecule has 0 bridgehead atoms. The third-order valence-electron chi connectivity index (χ3n) is 2.84. The van der Waals surface area contributed by atoms with E-state index in [-0.39, 0.29) is 6.42 Å². The third-order valence-corrected chi connectivity index (χ3v) is 4.13. The van der Waals surface area contributed by atoms with Crippen LogP contribution in [-0.2, 0) is 23.8 Å². The van der Waals surface area contributed by atoms with Gasteiger partial charge in [0.15, 0.2) is 0 Å². The molecule has 0 fully saturated rings. The van der Waals surface area contributed by atoms with E-state index in [2.05, 4.69) is 4.98 Å². The summed E-state index contributed by atoms with van der Waals surface area (Å²) < 4.78 is 37.5. The van der Waals surface area contributed by atoms with Crippen molar-refractivity contribution in [1.82, 2.24) is 4.98 Å². The topological polar surface area (TPSA) is 30.0 Å². The zero-order valence-corrected chi connectivity index (χ0v) is 11.5. The molecule has 0 saturated carbocycles. The van der Waals surface area contributed by atoms with Crippen molar-refractivity contribution < 1.29 is 18.0 Å². The zero-order valence-electron chi connectivity index (χ0n) is 10.7. The largest absolute Gasteiger partial charge is 0.416 e. The number of benzene rings is 1. The summed E-state index contributed by atoms with van der Waals surface area (Å²) in [5, 5.41) is 0.646. The van der Waals surface area contributed by atoms with Gasteiger partial charge in [0.05, 0.1) is 11.3 Å². The highest BCUT2D eigenvalue weighted by molar-refractivity contribution is 7.15. The Morgan fingerprint density at radius 1 is 1.25 bits per heavy atom. The van der Waals surface area contributed by atoms with Crippen LogP contribution in [0.15, 0.2) is 24.3 Å². The maximum absolute atomic E-state index is 12.5. The number of hydrogen-bond donors (Lipinski definition) is 0. The summed E-state index contributed by atoms with van der Waals surface area (Å²) >= 11 is 1.41. The molecule has 2 rings (SSSR count). The number of aromatic nitrogens is 1. The van der Waals surface area contributed by atoms with Crippen molar-refractivity contribution in [3.05, 3.63) is 40.4 Å². The van der Waals surface area contributed by atoms with E-state index in [1.54, 1.807) is 0 Å². The number of rotatable bonds is 4. The third kappa shape index (κ3) is 3.07. The molecule has 0 amide bonds. The Bertz CT molecular complexity index is 602. The van der Waals surface area contributed by atoms with Crippen LogP contribution in [0.25, 0.3) is 10.6 Å². The van der Waals surface area contributed by atoms with Crippen LogP contribution in [0.4, 0.5) is 13.2 Å². The molecule has 1 heterocycles. The van der Waals surface area contributed by atoms with Gasteiger partial charge in [-0.15, -0.1) is 11.3 Å². The lowest BCUT2D eigenvalue weighted by Crippen LogP contribution is -2.03. The van der Waals surface area contributed by atoms with Crippen molar-refractivity contribution in [3.8, 4) is 10.6 Å². The number of nitrogens with zero attached hydrogens (tertiary/aromatic N) is 1. The second kappa shape index (κ2) is 5.75. The van der Waals surface area contributed by atoms with Crippen molar-refractivity contribution in [2.24, 2.45) is 0 Å². The lowest BCUT2D eigenvalue weighted by Gasteiger charge is -2.06. The molecule has 1 aromatic heterocycles. The number of hydrogen-bond acceptors (Lipinski definition) is 3. The summed E-state index contributed by atoms with van der Waals surface area (Å²) in [5.41, 5.74) is 0.666. The van der Waals surface area contributed by atoms with Gasteiger partial charge in [0.2, 0.25) is 0 Å². The predicted molar refractivity (Wildman–Crippen MR) is 71.7 cm³/mol. The molecule has 0 aliphatic heterocycles. The van der Waals surface area contributed by atoms with Gasteiger partial charge in [-0.3, -0.25) is 0 Å². The summed E-state index contributed by atoms with van der Waals surface area (Å²) in [5.74, 6) is 0. The van der Waals surface area contributed by atoms with Crippen LogP contribution >= 0.6 is 11.3 Å². The average molecular weight is 299 g/mol. The highest BCUT2D eigenvalue weighted by atomic mass is 32.1. The monoisotopic (exact) mass is 299 g/mol. The van der Waals surface area contributed by atoms with Crippen molar-refractivity contribution >= 4 is 17.6 Å². The molecule has 0 spiro atoms. The van der Waals surface area contributed by atoms with Gasteiger partial charge in [-0.05, 0) is 18.6 Å². The van der Waals surface area contributed by atoms with Crippen LogP contribution in [0.5, 0.6) is 0 Å². The Balaban J connectivity index is 2.34. The maximum atomic E-state index is 12.5. The normalized spacial score (nSPS) is 11.6. The number of thiazole rings is 1. The van der Waals surface area contributed by atoms with Crippen LogP contribution in [0, 0.1) is 0 Å². The SMILES string of the molecule is CCc1sc(-c2ccc(C(F)(F)F)cc2)nc1CC=O. The maximum Gasteiger partial charge on any atom is 0.416 e. The number of carbonyl (C=O) groups excluding carboxylic acids is 1. The lowest BCUT2D eigenvalue weighted by atomic mass is 10.1. The Morgan fingerprint density at radius 3 is 2.40 bits per heavy atom. The molecule has 2 aromatic rings. The van der Waals surface area contributed by atoms with Crippen LogP contribution in [0.1, 0.15) is 23.1 Å². The van der Waals surface area contributed by atoms with Gasteiger partial charge in [-0.25, -0.2) is 4.98 Å². The van der Waals surface area contributed by atoms with E-state index in [4.69, 9.17) is 0 Å². The summed E-state index contributed by atoms with van der Waals surface area (Å²) in [6.45, 7) is 1.96. The molecular weight excluding hydrogens is 287 g/mol. The fourth-order valence-electron chi connectivity index (χ4n) is 1.82. The van der Waals surface area contributed by atoms with Crippen LogP contribution in [0.2, 0.25) is 0 Å². The molecule has 0 radical (unpaired) electrons. The molecule has 0 atom stereocenters. The van der Waals surface area contributed by atoms with Gasteiger partial charge >= 0.3 is 6.18 Å². The number of halogens is 3. The predicted octanol–water partition coefficient (Wildman–Crippen LogP) is 4.13.